The highest BCUT2D eigenvalue weighted by Gasteiger charge is 2.53. The molecular weight excluding hydrogens is 356 g/mol. The zero-order valence-electron chi connectivity index (χ0n) is 15.7. The molecule has 0 unspecified atom stereocenters. The standard InChI is InChI=1S/C21H22N4O3/c1-28-16-6-4-14(5-7-16)21(9-10-21)19(26)24-12-8-15(13-24)25-18-17(23-20(25)27)3-2-11-22-18/h2-7,11,15H,8-10,12-13H2,1H3,(H,23,27)/t15-/m1/s1. The van der Waals surface area contributed by atoms with E-state index in [0.29, 0.717) is 18.7 Å². The molecule has 0 radical (unpaired) electrons. The quantitative estimate of drug-likeness (QED) is 0.755. The topological polar surface area (TPSA) is 80.2 Å². The van der Waals surface area contributed by atoms with Crippen LogP contribution in [0.1, 0.15) is 30.9 Å². The number of pyridine rings is 1. The van der Waals surface area contributed by atoms with Crippen LogP contribution in [0.15, 0.2) is 47.4 Å². The van der Waals surface area contributed by atoms with Crippen LogP contribution in [0.25, 0.3) is 11.2 Å². The molecule has 1 aliphatic heterocycles. The Balaban J connectivity index is 1.39. The minimum Gasteiger partial charge on any atom is -0.497 e. The first-order chi connectivity index (χ1) is 13.6. The highest BCUT2D eigenvalue weighted by atomic mass is 16.5. The number of likely N-dealkylation sites (tertiary alicyclic amines) is 1. The number of benzene rings is 1. The number of aromatic amines is 1. The van der Waals surface area contributed by atoms with E-state index in [1.54, 1.807) is 23.9 Å². The molecular formula is C21H22N4O3. The fraction of sp³-hybridized carbons (Fsp3) is 0.381. The molecule has 2 aliphatic rings. The number of hydrogen-bond donors (Lipinski definition) is 1. The van der Waals surface area contributed by atoms with Gasteiger partial charge in [0.15, 0.2) is 5.65 Å². The third-order valence-electron chi connectivity index (χ3n) is 6.09. The Morgan fingerprint density at radius 3 is 2.75 bits per heavy atom. The molecule has 1 N–H and O–H groups in total. The lowest BCUT2D eigenvalue weighted by Crippen LogP contribution is -2.38. The van der Waals surface area contributed by atoms with Gasteiger partial charge in [-0.1, -0.05) is 12.1 Å². The van der Waals surface area contributed by atoms with Gasteiger partial charge >= 0.3 is 5.69 Å². The number of carbonyl (C=O) groups excluding carboxylic acids is 1. The number of hydrogen-bond acceptors (Lipinski definition) is 4. The summed E-state index contributed by atoms with van der Waals surface area (Å²) in [5.74, 6) is 0.959. The van der Waals surface area contributed by atoms with Crippen molar-refractivity contribution in [2.24, 2.45) is 0 Å². The maximum absolute atomic E-state index is 13.3. The SMILES string of the molecule is COc1ccc(C2(C(=O)N3CC[C@@H](n4c(=O)[nH]c5cccnc54)C3)CC2)cc1. The van der Waals surface area contributed by atoms with E-state index in [-0.39, 0.29) is 17.6 Å². The molecule has 1 aromatic carbocycles. The predicted octanol–water partition coefficient (Wildman–Crippen LogP) is 2.24. The minimum atomic E-state index is -0.412. The van der Waals surface area contributed by atoms with Crippen molar-refractivity contribution < 1.29 is 9.53 Å². The van der Waals surface area contributed by atoms with E-state index in [1.807, 2.05) is 35.2 Å². The van der Waals surface area contributed by atoms with Crippen molar-refractivity contribution in [3.8, 4) is 5.75 Å². The molecule has 1 saturated heterocycles. The summed E-state index contributed by atoms with van der Waals surface area (Å²) in [6, 6.07) is 11.4. The highest BCUT2D eigenvalue weighted by Crippen LogP contribution is 2.50. The maximum Gasteiger partial charge on any atom is 0.327 e. The summed E-state index contributed by atoms with van der Waals surface area (Å²) >= 11 is 0. The summed E-state index contributed by atoms with van der Waals surface area (Å²) in [5.41, 5.74) is 1.86. The third kappa shape index (κ3) is 2.53. The predicted molar refractivity (Wildman–Crippen MR) is 104 cm³/mol. The second-order valence-corrected chi connectivity index (χ2v) is 7.68. The van der Waals surface area contributed by atoms with Crippen molar-refractivity contribution in [1.29, 1.82) is 0 Å². The number of H-pyrrole nitrogens is 1. The van der Waals surface area contributed by atoms with Crippen molar-refractivity contribution >= 4 is 17.1 Å². The number of rotatable bonds is 4. The fourth-order valence-electron chi connectivity index (χ4n) is 4.40. The van der Waals surface area contributed by atoms with Gasteiger partial charge in [0.25, 0.3) is 0 Å². The molecule has 2 fully saturated rings. The van der Waals surface area contributed by atoms with E-state index in [2.05, 4.69) is 9.97 Å². The number of aromatic nitrogens is 3. The normalized spacial score (nSPS) is 20.5. The van der Waals surface area contributed by atoms with Crippen LogP contribution in [-0.2, 0) is 10.2 Å². The molecule has 28 heavy (non-hydrogen) atoms. The molecule has 1 saturated carbocycles. The van der Waals surface area contributed by atoms with Crippen LogP contribution in [-0.4, -0.2) is 45.5 Å². The minimum absolute atomic E-state index is 0.0493. The monoisotopic (exact) mass is 378 g/mol. The first kappa shape index (κ1) is 17.0. The van der Waals surface area contributed by atoms with Crippen molar-refractivity contribution in [2.75, 3.05) is 20.2 Å². The van der Waals surface area contributed by atoms with Gasteiger partial charge in [0.05, 0.1) is 24.1 Å². The van der Waals surface area contributed by atoms with E-state index < -0.39 is 5.41 Å². The smallest absolute Gasteiger partial charge is 0.327 e. The van der Waals surface area contributed by atoms with Crippen LogP contribution in [0.5, 0.6) is 5.75 Å². The Kier molecular flexibility index (Phi) is 3.79. The van der Waals surface area contributed by atoms with Gasteiger partial charge in [0.1, 0.15) is 5.75 Å². The molecule has 1 atom stereocenters. The average Bonchev–Trinajstić information content (AvgIpc) is 3.27. The van der Waals surface area contributed by atoms with Crippen LogP contribution in [0.2, 0.25) is 0 Å². The number of amides is 1. The zero-order valence-corrected chi connectivity index (χ0v) is 15.7. The Morgan fingerprint density at radius 1 is 1.25 bits per heavy atom. The molecule has 0 bridgehead atoms. The van der Waals surface area contributed by atoms with E-state index >= 15 is 0 Å². The summed E-state index contributed by atoms with van der Waals surface area (Å²) in [5, 5.41) is 0. The van der Waals surface area contributed by atoms with Gasteiger partial charge in [-0.3, -0.25) is 9.36 Å². The average molecular weight is 378 g/mol. The Morgan fingerprint density at radius 2 is 2.04 bits per heavy atom. The molecule has 144 valence electrons. The van der Waals surface area contributed by atoms with Gasteiger partial charge in [-0.2, -0.15) is 0 Å². The van der Waals surface area contributed by atoms with Crippen LogP contribution < -0.4 is 10.4 Å². The molecule has 7 nitrogen and oxygen atoms in total. The molecule has 0 spiro atoms. The lowest BCUT2D eigenvalue weighted by atomic mass is 9.94. The van der Waals surface area contributed by atoms with E-state index in [1.165, 1.54) is 0 Å². The van der Waals surface area contributed by atoms with Crippen LogP contribution in [0, 0.1) is 0 Å². The Hall–Kier alpha value is -3.09. The van der Waals surface area contributed by atoms with Crippen molar-refractivity contribution in [1.82, 2.24) is 19.4 Å². The first-order valence-electron chi connectivity index (χ1n) is 9.61. The van der Waals surface area contributed by atoms with Crippen LogP contribution in [0.3, 0.4) is 0 Å². The molecule has 3 heterocycles. The van der Waals surface area contributed by atoms with Gasteiger partial charge in [-0.15, -0.1) is 0 Å². The van der Waals surface area contributed by atoms with Crippen LogP contribution >= 0.6 is 0 Å². The lowest BCUT2D eigenvalue weighted by Gasteiger charge is -2.24. The lowest BCUT2D eigenvalue weighted by molar-refractivity contribution is -0.133. The number of ether oxygens (including phenoxy) is 1. The number of methoxy groups -OCH3 is 1. The molecule has 1 amide bonds. The van der Waals surface area contributed by atoms with Gasteiger partial charge in [-0.05, 0) is 49.1 Å². The largest absolute Gasteiger partial charge is 0.497 e. The Labute approximate surface area is 161 Å². The zero-order chi connectivity index (χ0) is 19.3. The highest BCUT2D eigenvalue weighted by molar-refractivity contribution is 5.91. The molecule has 7 heteroatoms. The molecule has 1 aliphatic carbocycles. The van der Waals surface area contributed by atoms with Gasteiger partial charge in [0, 0.05) is 19.3 Å². The van der Waals surface area contributed by atoms with E-state index in [0.717, 1.165) is 36.1 Å². The van der Waals surface area contributed by atoms with E-state index in [9.17, 15) is 9.59 Å². The number of nitrogens with zero attached hydrogens (tertiary/aromatic N) is 3. The summed E-state index contributed by atoms with van der Waals surface area (Å²) in [4.78, 5) is 34.9. The van der Waals surface area contributed by atoms with Crippen LogP contribution in [0.4, 0.5) is 0 Å². The van der Waals surface area contributed by atoms with Crippen molar-refractivity contribution in [3.05, 3.63) is 58.6 Å². The van der Waals surface area contributed by atoms with Gasteiger partial charge in [-0.25, -0.2) is 9.78 Å². The summed E-state index contributed by atoms with van der Waals surface area (Å²) in [7, 11) is 1.64. The number of nitrogens with one attached hydrogen (secondary N) is 1. The maximum atomic E-state index is 13.3. The van der Waals surface area contributed by atoms with Crippen molar-refractivity contribution in [3.63, 3.8) is 0 Å². The summed E-state index contributed by atoms with van der Waals surface area (Å²) < 4.78 is 6.93. The molecule has 3 aromatic rings. The van der Waals surface area contributed by atoms with Gasteiger partial charge < -0.3 is 14.6 Å². The van der Waals surface area contributed by atoms with Gasteiger partial charge in [0.2, 0.25) is 5.91 Å². The molecule has 5 rings (SSSR count). The second-order valence-electron chi connectivity index (χ2n) is 7.68. The second kappa shape index (κ2) is 6.22. The first-order valence-corrected chi connectivity index (χ1v) is 9.61. The number of imidazole rings is 1. The summed E-state index contributed by atoms with van der Waals surface area (Å²) in [6.45, 7) is 1.20. The number of fused-ring (bicyclic) bond motifs is 1. The number of carbonyl (C=O) groups is 1. The molecule has 2 aromatic heterocycles. The third-order valence-corrected chi connectivity index (χ3v) is 6.09. The summed E-state index contributed by atoms with van der Waals surface area (Å²) in [6.07, 6.45) is 4.18. The van der Waals surface area contributed by atoms with E-state index in [4.69, 9.17) is 4.74 Å². The fourth-order valence-corrected chi connectivity index (χ4v) is 4.40. The Bertz CT molecular complexity index is 1090. The van der Waals surface area contributed by atoms with Crippen molar-refractivity contribution in [2.45, 2.75) is 30.7 Å².